The molecule has 1 aromatic carbocycles. The van der Waals surface area contributed by atoms with Crippen LogP contribution in [0, 0.1) is 0 Å². The largest absolute Gasteiger partial charge is 0.494 e. The second-order valence-electron chi connectivity index (χ2n) is 6.23. The van der Waals surface area contributed by atoms with Gasteiger partial charge in [-0.1, -0.05) is 12.1 Å². The number of nitrogens with one attached hydrogen (secondary N) is 1. The third kappa shape index (κ3) is 4.72. The molecule has 2 aromatic rings. The van der Waals surface area contributed by atoms with Crippen molar-refractivity contribution in [2.75, 3.05) is 32.8 Å². The summed E-state index contributed by atoms with van der Waals surface area (Å²) >= 11 is 0. The van der Waals surface area contributed by atoms with Crippen LogP contribution in [0.5, 0.6) is 5.75 Å². The minimum absolute atomic E-state index is 0.0356. The number of aromatic nitrogens is 2. The van der Waals surface area contributed by atoms with Gasteiger partial charge in [-0.3, -0.25) is 14.4 Å². The lowest BCUT2D eigenvalue weighted by Gasteiger charge is -2.34. The van der Waals surface area contributed by atoms with Crippen LogP contribution in [-0.2, 0) is 11.2 Å². The summed E-state index contributed by atoms with van der Waals surface area (Å²) < 4.78 is 5.40. The van der Waals surface area contributed by atoms with Crippen LogP contribution in [0.4, 0.5) is 0 Å². The molecule has 1 N–H and O–H groups in total. The quantitative estimate of drug-likeness (QED) is 0.836. The number of hydrogen-bond donors (Lipinski definition) is 1. The first-order chi connectivity index (χ1) is 13.1. The monoisotopic (exact) mass is 370 g/mol. The first-order valence-electron chi connectivity index (χ1n) is 8.91. The normalized spacial score (nSPS) is 14.1. The number of piperazine rings is 1. The van der Waals surface area contributed by atoms with Crippen molar-refractivity contribution in [2.45, 2.75) is 13.3 Å². The molecular weight excluding hydrogens is 348 g/mol. The van der Waals surface area contributed by atoms with Crippen molar-refractivity contribution in [3.8, 4) is 5.75 Å². The Balaban J connectivity index is 1.52. The van der Waals surface area contributed by atoms with Crippen LogP contribution in [0.25, 0.3) is 0 Å². The number of amides is 2. The molecule has 0 radical (unpaired) electrons. The summed E-state index contributed by atoms with van der Waals surface area (Å²) in [6.45, 7) is 4.37. The maximum atomic E-state index is 12.5. The highest BCUT2D eigenvalue weighted by molar-refractivity contribution is 5.92. The minimum atomic E-state index is -0.351. The van der Waals surface area contributed by atoms with Gasteiger partial charge in [-0.25, -0.2) is 5.10 Å². The molecule has 0 aliphatic carbocycles. The number of H-pyrrole nitrogens is 1. The van der Waals surface area contributed by atoms with Gasteiger partial charge >= 0.3 is 0 Å². The van der Waals surface area contributed by atoms with Crippen molar-refractivity contribution in [1.82, 2.24) is 20.0 Å². The van der Waals surface area contributed by atoms with E-state index in [2.05, 4.69) is 10.2 Å². The van der Waals surface area contributed by atoms with Crippen molar-refractivity contribution in [1.29, 1.82) is 0 Å². The van der Waals surface area contributed by atoms with Crippen molar-refractivity contribution in [3.63, 3.8) is 0 Å². The van der Waals surface area contributed by atoms with Gasteiger partial charge in [0.15, 0.2) is 0 Å². The van der Waals surface area contributed by atoms with E-state index < -0.39 is 0 Å². The van der Waals surface area contributed by atoms with Crippen LogP contribution in [-0.4, -0.2) is 64.6 Å². The summed E-state index contributed by atoms with van der Waals surface area (Å²) in [5.41, 5.74) is 0.777. The highest BCUT2D eigenvalue weighted by atomic mass is 16.5. The van der Waals surface area contributed by atoms with Gasteiger partial charge in [-0.2, -0.15) is 5.10 Å². The zero-order valence-corrected chi connectivity index (χ0v) is 15.2. The third-order valence-electron chi connectivity index (χ3n) is 4.41. The Morgan fingerprint density at radius 3 is 2.30 bits per heavy atom. The molecule has 2 amide bonds. The van der Waals surface area contributed by atoms with Crippen LogP contribution >= 0.6 is 0 Å². The molecule has 1 fully saturated rings. The first kappa shape index (κ1) is 18.6. The van der Waals surface area contributed by atoms with E-state index in [0.29, 0.717) is 39.2 Å². The van der Waals surface area contributed by atoms with Crippen molar-refractivity contribution >= 4 is 11.8 Å². The second-order valence-corrected chi connectivity index (χ2v) is 6.23. The predicted molar refractivity (Wildman–Crippen MR) is 98.7 cm³/mol. The summed E-state index contributed by atoms with van der Waals surface area (Å²) in [4.78, 5) is 39.3. The summed E-state index contributed by atoms with van der Waals surface area (Å²) in [5, 5.41) is 6.02. The Labute approximate surface area is 156 Å². The molecular formula is C19H22N4O4. The number of carbonyl (C=O) groups excluding carboxylic acids is 2. The fraction of sp³-hybridized carbons (Fsp3) is 0.368. The number of aromatic amines is 1. The SMILES string of the molecule is CCOc1ccc(CC(=O)N2CCN(C(=O)c3ccc(=O)[nH]n3)CC2)cc1. The predicted octanol–water partition coefficient (Wildman–Crippen LogP) is 0.696. The molecule has 3 rings (SSSR count). The second kappa shape index (κ2) is 8.48. The average Bonchev–Trinajstić information content (AvgIpc) is 2.70. The Morgan fingerprint density at radius 1 is 1.04 bits per heavy atom. The molecule has 1 aromatic heterocycles. The number of benzene rings is 1. The van der Waals surface area contributed by atoms with E-state index in [1.165, 1.54) is 12.1 Å². The van der Waals surface area contributed by atoms with E-state index in [-0.39, 0.29) is 23.1 Å². The lowest BCUT2D eigenvalue weighted by atomic mass is 10.1. The van der Waals surface area contributed by atoms with Gasteiger partial charge in [-0.15, -0.1) is 0 Å². The average molecular weight is 370 g/mol. The molecule has 1 aliphatic heterocycles. The van der Waals surface area contributed by atoms with E-state index in [0.717, 1.165) is 11.3 Å². The summed E-state index contributed by atoms with van der Waals surface area (Å²) in [6.07, 6.45) is 0.321. The number of nitrogens with zero attached hydrogens (tertiary/aromatic N) is 3. The van der Waals surface area contributed by atoms with Gasteiger partial charge < -0.3 is 14.5 Å². The molecule has 1 saturated heterocycles. The van der Waals surface area contributed by atoms with Crippen LogP contribution < -0.4 is 10.3 Å². The minimum Gasteiger partial charge on any atom is -0.494 e. The zero-order valence-electron chi connectivity index (χ0n) is 15.2. The molecule has 0 atom stereocenters. The Bertz CT molecular complexity index is 834. The topological polar surface area (TPSA) is 95.6 Å². The lowest BCUT2D eigenvalue weighted by Crippen LogP contribution is -2.51. The molecule has 8 nitrogen and oxygen atoms in total. The number of carbonyl (C=O) groups is 2. The van der Waals surface area contributed by atoms with Crippen molar-refractivity contribution in [3.05, 3.63) is 58.0 Å². The molecule has 0 spiro atoms. The molecule has 0 unspecified atom stereocenters. The molecule has 142 valence electrons. The van der Waals surface area contributed by atoms with Gasteiger partial charge in [0.05, 0.1) is 13.0 Å². The molecule has 8 heteroatoms. The van der Waals surface area contributed by atoms with Gasteiger partial charge in [0.1, 0.15) is 11.4 Å². The molecule has 0 saturated carbocycles. The maximum Gasteiger partial charge on any atom is 0.274 e. The van der Waals surface area contributed by atoms with Gasteiger partial charge in [0, 0.05) is 32.2 Å². The standard InChI is InChI=1S/C19H22N4O4/c1-2-27-15-5-3-14(4-6-15)13-18(25)22-9-11-23(12-10-22)19(26)16-7-8-17(24)21-20-16/h3-8H,2,9-13H2,1H3,(H,21,24). The molecule has 2 heterocycles. The highest BCUT2D eigenvalue weighted by Gasteiger charge is 2.25. The van der Waals surface area contributed by atoms with Gasteiger partial charge in [0.2, 0.25) is 5.91 Å². The fourth-order valence-corrected chi connectivity index (χ4v) is 2.94. The fourth-order valence-electron chi connectivity index (χ4n) is 2.94. The first-order valence-corrected chi connectivity index (χ1v) is 8.91. The summed E-state index contributed by atoms with van der Waals surface area (Å²) in [6, 6.07) is 10.2. The van der Waals surface area contributed by atoms with Crippen LogP contribution in [0.3, 0.4) is 0 Å². The van der Waals surface area contributed by atoms with Gasteiger partial charge in [0.25, 0.3) is 11.5 Å². The summed E-state index contributed by atoms with van der Waals surface area (Å²) in [7, 11) is 0. The lowest BCUT2D eigenvalue weighted by molar-refractivity contribution is -0.131. The third-order valence-corrected chi connectivity index (χ3v) is 4.41. The Morgan fingerprint density at radius 2 is 1.70 bits per heavy atom. The van der Waals surface area contributed by atoms with Crippen LogP contribution in [0.1, 0.15) is 23.0 Å². The van der Waals surface area contributed by atoms with Crippen LogP contribution in [0.2, 0.25) is 0 Å². The van der Waals surface area contributed by atoms with E-state index in [1.54, 1.807) is 9.80 Å². The Kier molecular flexibility index (Phi) is 5.85. The van der Waals surface area contributed by atoms with E-state index in [9.17, 15) is 14.4 Å². The summed E-state index contributed by atoms with van der Waals surface area (Å²) in [5.74, 6) is 0.579. The number of ether oxygens (including phenoxy) is 1. The van der Waals surface area contributed by atoms with Crippen molar-refractivity contribution in [2.24, 2.45) is 0 Å². The van der Waals surface area contributed by atoms with Crippen molar-refractivity contribution < 1.29 is 14.3 Å². The molecule has 1 aliphatic rings. The smallest absolute Gasteiger partial charge is 0.274 e. The number of rotatable bonds is 5. The number of hydrogen-bond acceptors (Lipinski definition) is 5. The van der Waals surface area contributed by atoms with E-state index >= 15 is 0 Å². The van der Waals surface area contributed by atoms with E-state index in [1.807, 2.05) is 31.2 Å². The highest BCUT2D eigenvalue weighted by Crippen LogP contribution is 2.14. The maximum absolute atomic E-state index is 12.5. The van der Waals surface area contributed by atoms with Gasteiger partial charge in [-0.05, 0) is 30.7 Å². The van der Waals surface area contributed by atoms with Crippen LogP contribution in [0.15, 0.2) is 41.2 Å². The van der Waals surface area contributed by atoms with E-state index in [4.69, 9.17) is 4.74 Å². The molecule has 0 bridgehead atoms. The molecule has 27 heavy (non-hydrogen) atoms. The Hall–Kier alpha value is -3.16. The zero-order chi connectivity index (χ0) is 19.2.